The number of carbonyl (C=O) groups is 2. The molecule has 3 unspecified atom stereocenters. The average molecular weight is 319 g/mol. The summed E-state index contributed by atoms with van der Waals surface area (Å²) in [5, 5.41) is 11.8. The molecule has 2 amide bonds. The molecule has 0 aromatic heterocycles. The maximum absolute atomic E-state index is 12.1. The van der Waals surface area contributed by atoms with E-state index < -0.39 is 28.1 Å². The number of urea groups is 1. The second kappa shape index (κ2) is 6.18. The van der Waals surface area contributed by atoms with E-state index in [1.54, 1.807) is 0 Å². The molecule has 8 nitrogen and oxygen atoms in total. The van der Waals surface area contributed by atoms with Gasteiger partial charge in [-0.3, -0.25) is 0 Å². The van der Waals surface area contributed by atoms with Crippen molar-refractivity contribution >= 4 is 22.0 Å². The number of carboxylic acid groups (broad SMARTS) is 1. The number of nitrogens with zero attached hydrogens (tertiary/aromatic N) is 1. The number of carboxylic acids is 1. The van der Waals surface area contributed by atoms with Gasteiger partial charge in [-0.2, -0.15) is 0 Å². The molecular weight excluding hydrogens is 298 g/mol. The number of sulfonamides is 1. The molecule has 1 aliphatic heterocycles. The van der Waals surface area contributed by atoms with Crippen LogP contribution in [0.5, 0.6) is 0 Å². The van der Waals surface area contributed by atoms with E-state index in [4.69, 9.17) is 0 Å². The molecule has 2 aliphatic rings. The maximum atomic E-state index is 12.1. The molecule has 0 spiro atoms. The van der Waals surface area contributed by atoms with Gasteiger partial charge in [-0.05, 0) is 31.7 Å². The molecule has 1 heterocycles. The summed E-state index contributed by atoms with van der Waals surface area (Å²) in [5.74, 6) is -0.942. The molecule has 0 radical (unpaired) electrons. The van der Waals surface area contributed by atoms with Crippen LogP contribution in [0.2, 0.25) is 0 Å². The maximum Gasteiger partial charge on any atom is 0.326 e. The van der Waals surface area contributed by atoms with Gasteiger partial charge >= 0.3 is 12.0 Å². The van der Waals surface area contributed by atoms with Crippen molar-refractivity contribution in [3.05, 3.63) is 0 Å². The van der Waals surface area contributed by atoms with Crippen LogP contribution in [0.15, 0.2) is 0 Å². The van der Waals surface area contributed by atoms with Crippen molar-refractivity contribution in [2.45, 2.75) is 25.3 Å². The Morgan fingerprint density at radius 3 is 2.67 bits per heavy atom. The number of fused-ring (bicyclic) bond motifs is 1. The van der Waals surface area contributed by atoms with Gasteiger partial charge in [-0.25, -0.2) is 22.7 Å². The van der Waals surface area contributed by atoms with Gasteiger partial charge in [0, 0.05) is 13.1 Å². The Hall–Kier alpha value is -1.35. The van der Waals surface area contributed by atoms with E-state index >= 15 is 0 Å². The number of hydrogen-bond donors (Lipinski definition) is 3. The molecule has 3 atom stereocenters. The van der Waals surface area contributed by atoms with Crippen molar-refractivity contribution in [2.75, 3.05) is 25.9 Å². The summed E-state index contributed by atoms with van der Waals surface area (Å²) in [4.78, 5) is 24.8. The van der Waals surface area contributed by atoms with Crippen LogP contribution in [-0.4, -0.2) is 62.4 Å². The van der Waals surface area contributed by atoms with E-state index in [-0.39, 0.29) is 24.1 Å². The zero-order valence-corrected chi connectivity index (χ0v) is 12.7. The molecule has 21 heavy (non-hydrogen) atoms. The van der Waals surface area contributed by atoms with Crippen molar-refractivity contribution in [3.63, 3.8) is 0 Å². The number of rotatable bonds is 5. The van der Waals surface area contributed by atoms with Crippen LogP contribution in [0.25, 0.3) is 0 Å². The predicted molar refractivity (Wildman–Crippen MR) is 75.2 cm³/mol. The number of hydrogen-bond acceptors (Lipinski definition) is 4. The van der Waals surface area contributed by atoms with Gasteiger partial charge in [-0.15, -0.1) is 0 Å². The van der Waals surface area contributed by atoms with E-state index in [1.807, 2.05) is 0 Å². The minimum atomic E-state index is -3.38. The van der Waals surface area contributed by atoms with E-state index in [1.165, 1.54) is 11.9 Å². The molecule has 0 aromatic carbocycles. The topological polar surface area (TPSA) is 116 Å². The summed E-state index contributed by atoms with van der Waals surface area (Å²) in [6, 6.07) is -1.29. The molecule has 0 aromatic rings. The number of amides is 2. The molecule has 0 bridgehead atoms. The average Bonchev–Trinajstić information content (AvgIpc) is 2.97. The van der Waals surface area contributed by atoms with Crippen molar-refractivity contribution < 1.29 is 23.1 Å². The van der Waals surface area contributed by atoms with E-state index in [2.05, 4.69) is 10.0 Å². The second-order valence-corrected chi connectivity index (χ2v) is 7.59. The predicted octanol–water partition coefficient (Wildman–Crippen LogP) is -0.570. The lowest BCUT2D eigenvalue weighted by atomic mass is 9.94. The Morgan fingerprint density at radius 1 is 1.33 bits per heavy atom. The summed E-state index contributed by atoms with van der Waals surface area (Å²) >= 11 is 0. The molecule has 1 saturated carbocycles. The standard InChI is InChI=1S/C12H21N3O5S/c1-13-21(19,20)6-5-14-12(18)15-7-8-3-2-4-9(8)10(15)11(16)17/h8-10,13H,2-7H2,1H3,(H,14,18)(H,16,17). The van der Waals surface area contributed by atoms with Crippen molar-refractivity contribution in [1.82, 2.24) is 14.9 Å². The Bertz CT molecular complexity index is 521. The highest BCUT2D eigenvalue weighted by Gasteiger charge is 2.49. The monoisotopic (exact) mass is 319 g/mol. The first-order valence-electron chi connectivity index (χ1n) is 7.04. The largest absolute Gasteiger partial charge is 0.480 e. The summed E-state index contributed by atoms with van der Waals surface area (Å²) < 4.78 is 24.7. The zero-order chi connectivity index (χ0) is 15.6. The van der Waals surface area contributed by atoms with E-state index in [0.717, 1.165) is 19.3 Å². The quantitative estimate of drug-likeness (QED) is 0.627. The first-order valence-corrected chi connectivity index (χ1v) is 8.69. The van der Waals surface area contributed by atoms with Gasteiger partial charge in [0.05, 0.1) is 5.75 Å². The van der Waals surface area contributed by atoms with Gasteiger partial charge in [-0.1, -0.05) is 6.42 Å². The third-order valence-corrected chi connectivity index (χ3v) is 5.73. The molecule has 9 heteroatoms. The summed E-state index contributed by atoms with van der Waals surface area (Å²) in [7, 11) is -2.08. The van der Waals surface area contributed by atoms with Crippen LogP contribution in [0.3, 0.4) is 0 Å². The molecule has 3 N–H and O–H groups in total. The Labute approximate surface area is 123 Å². The Kier molecular flexibility index (Phi) is 4.72. The highest BCUT2D eigenvalue weighted by molar-refractivity contribution is 7.89. The molecule has 1 saturated heterocycles. The zero-order valence-electron chi connectivity index (χ0n) is 11.9. The number of nitrogens with one attached hydrogen (secondary N) is 2. The summed E-state index contributed by atoms with van der Waals surface area (Å²) in [6.07, 6.45) is 2.79. The first-order chi connectivity index (χ1) is 9.85. The summed E-state index contributed by atoms with van der Waals surface area (Å²) in [5.41, 5.74) is 0. The van der Waals surface area contributed by atoms with Crippen LogP contribution < -0.4 is 10.0 Å². The van der Waals surface area contributed by atoms with Gasteiger partial charge in [0.15, 0.2) is 0 Å². The highest BCUT2D eigenvalue weighted by atomic mass is 32.2. The lowest BCUT2D eigenvalue weighted by Gasteiger charge is -2.24. The lowest BCUT2D eigenvalue weighted by molar-refractivity contribution is -0.142. The molecular formula is C12H21N3O5S. The third kappa shape index (κ3) is 3.46. The SMILES string of the molecule is CNS(=O)(=O)CCNC(=O)N1CC2CCCC2C1C(=O)O. The van der Waals surface area contributed by atoms with Crippen molar-refractivity contribution in [3.8, 4) is 0 Å². The van der Waals surface area contributed by atoms with Crippen LogP contribution in [0, 0.1) is 11.8 Å². The number of aliphatic carboxylic acids is 1. The highest BCUT2D eigenvalue weighted by Crippen LogP contribution is 2.42. The molecule has 2 fully saturated rings. The Morgan fingerprint density at radius 2 is 2.05 bits per heavy atom. The van der Waals surface area contributed by atoms with Gasteiger partial charge in [0.2, 0.25) is 10.0 Å². The van der Waals surface area contributed by atoms with Crippen molar-refractivity contribution in [1.29, 1.82) is 0 Å². The third-order valence-electron chi connectivity index (χ3n) is 4.36. The fourth-order valence-corrected chi connectivity index (χ4v) is 3.90. The smallest absolute Gasteiger partial charge is 0.326 e. The minimum Gasteiger partial charge on any atom is -0.480 e. The fourth-order valence-electron chi connectivity index (χ4n) is 3.33. The normalized spacial score (nSPS) is 28.4. The number of carbonyl (C=O) groups excluding carboxylic acids is 1. The van der Waals surface area contributed by atoms with Crippen LogP contribution in [-0.2, 0) is 14.8 Å². The summed E-state index contributed by atoms with van der Waals surface area (Å²) in [6.45, 7) is 0.395. The molecule has 2 rings (SSSR count). The molecule has 120 valence electrons. The minimum absolute atomic E-state index is 0.0225. The van der Waals surface area contributed by atoms with Crippen molar-refractivity contribution in [2.24, 2.45) is 11.8 Å². The van der Waals surface area contributed by atoms with E-state index in [0.29, 0.717) is 6.54 Å². The fraction of sp³-hybridized carbons (Fsp3) is 0.833. The first kappa shape index (κ1) is 16.0. The molecule has 1 aliphatic carbocycles. The van der Waals surface area contributed by atoms with Crippen LogP contribution in [0.4, 0.5) is 4.79 Å². The second-order valence-electron chi connectivity index (χ2n) is 5.55. The Balaban J connectivity index is 1.94. The van der Waals surface area contributed by atoms with Gasteiger partial charge in [0.25, 0.3) is 0 Å². The van der Waals surface area contributed by atoms with Crippen LogP contribution in [0.1, 0.15) is 19.3 Å². The van der Waals surface area contributed by atoms with Gasteiger partial charge in [0.1, 0.15) is 6.04 Å². The van der Waals surface area contributed by atoms with E-state index in [9.17, 15) is 23.1 Å². The van der Waals surface area contributed by atoms with Crippen LogP contribution >= 0.6 is 0 Å². The lowest BCUT2D eigenvalue weighted by Crippen LogP contribution is -2.49. The van der Waals surface area contributed by atoms with Gasteiger partial charge < -0.3 is 15.3 Å². The number of likely N-dealkylation sites (tertiary alicyclic amines) is 1.